The van der Waals surface area contributed by atoms with Gasteiger partial charge in [-0.1, -0.05) is 12.1 Å². The van der Waals surface area contributed by atoms with Gasteiger partial charge in [-0.05, 0) is 31.2 Å². The lowest BCUT2D eigenvalue weighted by Crippen LogP contribution is -2.26. The zero-order valence-electron chi connectivity index (χ0n) is 11.1. The van der Waals surface area contributed by atoms with E-state index in [1.807, 2.05) is 43.3 Å². The van der Waals surface area contributed by atoms with E-state index in [0.29, 0.717) is 12.3 Å². The van der Waals surface area contributed by atoms with Crippen LogP contribution in [0, 0.1) is 6.92 Å². The largest absolute Gasteiger partial charge is 0.465 e. The molecule has 0 aliphatic carbocycles. The van der Waals surface area contributed by atoms with Crippen molar-refractivity contribution >= 4 is 11.0 Å². The summed E-state index contributed by atoms with van der Waals surface area (Å²) in [5.41, 5.74) is 7.51. The Labute approximate surface area is 115 Å². The van der Waals surface area contributed by atoms with Crippen LogP contribution < -0.4 is 11.3 Å². The second-order valence-electron chi connectivity index (χ2n) is 4.75. The number of fused-ring (bicyclic) bond motifs is 1. The van der Waals surface area contributed by atoms with Crippen LogP contribution in [-0.4, -0.2) is 9.55 Å². The summed E-state index contributed by atoms with van der Waals surface area (Å²) >= 11 is 0. The minimum absolute atomic E-state index is 0.164. The molecular weight excluding hydrogens is 254 g/mol. The Morgan fingerprint density at radius 2 is 2.10 bits per heavy atom. The number of nitrogens with zero attached hydrogens (tertiary/aromatic N) is 2. The smallest absolute Gasteiger partial charge is 0.269 e. The minimum Gasteiger partial charge on any atom is -0.465 e. The molecule has 0 aliphatic heterocycles. The maximum absolute atomic E-state index is 12.0. The number of benzene rings is 1. The van der Waals surface area contributed by atoms with Gasteiger partial charge < -0.3 is 14.7 Å². The second-order valence-corrected chi connectivity index (χ2v) is 4.75. The maximum atomic E-state index is 12.0. The zero-order chi connectivity index (χ0) is 14.1. The fourth-order valence-electron chi connectivity index (χ4n) is 2.24. The van der Waals surface area contributed by atoms with Crippen LogP contribution in [0.25, 0.3) is 11.0 Å². The Hall–Kier alpha value is -2.40. The van der Waals surface area contributed by atoms with Crippen molar-refractivity contribution in [2.24, 2.45) is 5.73 Å². The number of aryl methyl sites for hydroxylation is 1. The zero-order valence-corrected chi connectivity index (χ0v) is 11.1. The monoisotopic (exact) mass is 269 g/mol. The molecule has 0 bridgehead atoms. The third kappa shape index (κ3) is 2.23. The SMILES string of the molecule is Cc1ccc(C(N)Cn2c(=O)cnc3ccccc32)o1. The molecule has 5 heteroatoms. The fourth-order valence-corrected chi connectivity index (χ4v) is 2.24. The van der Waals surface area contributed by atoms with E-state index in [-0.39, 0.29) is 11.6 Å². The maximum Gasteiger partial charge on any atom is 0.269 e. The average Bonchev–Trinajstić information content (AvgIpc) is 2.89. The Bertz CT molecular complexity index is 804. The first-order valence-electron chi connectivity index (χ1n) is 6.41. The molecule has 102 valence electrons. The van der Waals surface area contributed by atoms with Gasteiger partial charge in [-0.15, -0.1) is 0 Å². The summed E-state index contributed by atoms with van der Waals surface area (Å²) in [6.07, 6.45) is 1.32. The predicted molar refractivity (Wildman–Crippen MR) is 76.4 cm³/mol. The standard InChI is InChI=1S/C15H15N3O2/c1-10-6-7-14(20-10)11(16)9-18-13-5-3-2-4-12(13)17-8-15(18)19/h2-8,11H,9,16H2,1H3. The highest BCUT2D eigenvalue weighted by Gasteiger charge is 2.13. The minimum atomic E-state index is -0.368. The van der Waals surface area contributed by atoms with Crippen molar-refractivity contribution in [1.29, 1.82) is 0 Å². The summed E-state index contributed by atoms with van der Waals surface area (Å²) in [5.74, 6) is 1.48. The lowest BCUT2D eigenvalue weighted by atomic mass is 10.2. The van der Waals surface area contributed by atoms with E-state index in [9.17, 15) is 4.79 Å². The third-order valence-corrected chi connectivity index (χ3v) is 3.26. The van der Waals surface area contributed by atoms with Crippen molar-refractivity contribution in [3.8, 4) is 0 Å². The molecule has 5 nitrogen and oxygen atoms in total. The summed E-state index contributed by atoms with van der Waals surface area (Å²) < 4.78 is 7.14. The molecule has 3 aromatic rings. The Morgan fingerprint density at radius 3 is 2.85 bits per heavy atom. The highest BCUT2D eigenvalue weighted by molar-refractivity contribution is 5.74. The first-order chi connectivity index (χ1) is 9.65. The molecule has 2 heterocycles. The molecular formula is C15H15N3O2. The lowest BCUT2D eigenvalue weighted by Gasteiger charge is -2.13. The van der Waals surface area contributed by atoms with Gasteiger partial charge in [0.1, 0.15) is 11.5 Å². The van der Waals surface area contributed by atoms with Gasteiger partial charge in [0.05, 0.1) is 23.3 Å². The van der Waals surface area contributed by atoms with Gasteiger partial charge >= 0.3 is 0 Å². The van der Waals surface area contributed by atoms with Gasteiger partial charge in [-0.3, -0.25) is 4.79 Å². The van der Waals surface area contributed by atoms with E-state index in [1.54, 1.807) is 4.57 Å². The van der Waals surface area contributed by atoms with Crippen LogP contribution in [0.1, 0.15) is 17.6 Å². The summed E-state index contributed by atoms with van der Waals surface area (Å²) in [6.45, 7) is 2.22. The molecule has 0 saturated heterocycles. The van der Waals surface area contributed by atoms with Crippen molar-refractivity contribution in [2.45, 2.75) is 19.5 Å². The van der Waals surface area contributed by atoms with Crippen LogP contribution in [0.15, 0.2) is 51.8 Å². The van der Waals surface area contributed by atoms with Crippen LogP contribution in [0.4, 0.5) is 0 Å². The molecule has 0 aliphatic rings. The molecule has 2 N–H and O–H groups in total. The topological polar surface area (TPSA) is 74.0 Å². The van der Waals surface area contributed by atoms with Gasteiger partial charge in [0.15, 0.2) is 0 Å². The number of rotatable bonds is 3. The molecule has 2 aromatic heterocycles. The Balaban J connectivity index is 2.02. The van der Waals surface area contributed by atoms with Crippen LogP contribution in [-0.2, 0) is 6.54 Å². The van der Waals surface area contributed by atoms with Crippen molar-refractivity contribution in [3.63, 3.8) is 0 Å². The Kier molecular flexibility index (Phi) is 3.12. The van der Waals surface area contributed by atoms with Crippen LogP contribution >= 0.6 is 0 Å². The number of furan rings is 1. The van der Waals surface area contributed by atoms with E-state index in [4.69, 9.17) is 10.2 Å². The average molecular weight is 269 g/mol. The van der Waals surface area contributed by atoms with Gasteiger partial charge in [-0.25, -0.2) is 4.98 Å². The summed E-state index contributed by atoms with van der Waals surface area (Å²) in [7, 11) is 0. The van der Waals surface area contributed by atoms with Crippen LogP contribution in [0.2, 0.25) is 0 Å². The molecule has 0 saturated carbocycles. The first kappa shape index (κ1) is 12.6. The molecule has 0 radical (unpaired) electrons. The molecule has 1 atom stereocenters. The molecule has 1 unspecified atom stereocenters. The highest BCUT2D eigenvalue weighted by Crippen LogP contribution is 2.17. The molecule has 0 amide bonds. The van der Waals surface area contributed by atoms with Crippen LogP contribution in [0.3, 0.4) is 0 Å². The normalized spacial score (nSPS) is 12.7. The van der Waals surface area contributed by atoms with Crippen molar-refractivity contribution in [1.82, 2.24) is 9.55 Å². The van der Waals surface area contributed by atoms with E-state index < -0.39 is 0 Å². The number of aromatic nitrogens is 2. The van der Waals surface area contributed by atoms with E-state index >= 15 is 0 Å². The van der Waals surface area contributed by atoms with Crippen LogP contribution in [0.5, 0.6) is 0 Å². The third-order valence-electron chi connectivity index (χ3n) is 3.26. The van der Waals surface area contributed by atoms with Gasteiger partial charge in [0, 0.05) is 6.54 Å². The van der Waals surface area contributed by atoms with E-state index in [2.05, 4.69) is 4.98 Å². The number of para-hydroxylation sites is 2. The number of hydrogen-bond donors (Lipinski definition) is 1. The molecule has 1 aromatic carbocycles. The predicted octanol–water partition coefficient (Wildman–Crippen LogP) is 2.00. The fraction of sp³-hybridized carbons (Fsp3) is 0.200. The van der Waals surface area contributed by atoms with Gasteiger partial charge in [-0.2, -0.15) is 0 Å². The van der Waals surface area contributed by atoms with E-state index in [1.165, 1.54) is 6.20 Å². The Morgan fingerprint density at radius 1 is 1.30 bits per heavy atom. The van der Waals surface area contributed by atoms with Crippen molar-refractivity contribution < 1.29 is 4.42 Å². The summed E-state index contributed by atoms with van der Waals surface area (Å²) in [4.78, 5) is 16.1. The lowest BCUT2D eigenvalue weighted by molar-refractivity contribution is 0.420. The van der Waals surface area contributed by atoms with Gasteiger partial charge in [0.2, 0.25) is 0 Å². The quantitative estimate of drug-likeness (QED) is 0.789. The van der Waals surface area contributed by atoms with Crippen molar-refractivity contribution in [3.05, 3.63) is 64.5 Å². The van der Waals surface area contributed by atoms with E-state index in [0.717, 1.165) is 16.8 Å². The number of nitrogens with two attached hydrogens (primary N) is 1. The molecule has 3 rings (SSSR count). The molecule has 20 heavy (non-hydrogen) atoms. The number of hydrogen-bond acceptors (Lipinski definition) is 4. The molecule has 0 fully saturated rings. The van der Waals surface area contributed by atoms with Crippen molar-refractivity contribution in [2.75, 3.05) is 0 Å². The second kappa shape index (κ2) is 4.94. The summed E-state index contributed by atoms with van der Waals surface area (Å²) in [6, 6.07) is 10.8. The van der Waals surface area contributed by atoms with Gasteiger partial charge in [0.25, 0.3) is 5.56 Å². The molecule has 0 spiro atoms. The summed E-state index contributed by atoms with van der Waals surface area (Å²) in [5, 5.41) is 0. The highest BCUT2D eigenvalue weighted by atomic mass is 16.3. The first-order valence-corrected chi connectivity index (χ1v) is 6.41.